The molecule has 0 unspecified atom stereocenters. The molecule has 0 fully saturated rings. The number of fused-ring (bicyclic) bond motifs is 9. The predicted octanol–water partition coefficient (Wildman–Crippen LogP) is 15.5. The van der Waals surface area contributed by atoms with E-state index >= 15 is 0 Å². The Bertz CT molecular complexity index is 3190. The van der Waals surface area contributed by atoms with Crippen LogP contribution < -0.4 is 4.90 Å². The Morgan fingerprint density at radius 1 is 0.302 bits per heavy atom. The molecule has 0 amide bonds. The molecular weight excluding hydrogens is 679 g/mol. The summed E-state index contributed by atoms with van der Waals surface area (Å²) in [6.45, 7) is 0. The maximum Gasteiger partial charge on any atom is 0.0640 e. The summed E-state index contributed by atoms with van der Waals surface area (Å²) in [5.74, 6) is 0. The van der Waals surface area contributed by atoms with Crippen LogP contribution in [-0.2, 0) is 0 Å². The quantitative estimate of drug-likeness (QED) is 0.161. The van der Waals surface area contributed by atoms with E-state index in [1.54, 1.807) is 0 Å². The Labute approximate surface area is 315 Å². The van der Waals surface area contributed by atoms with E-state index in [4.69, 9.17) is 0 Å². The lowest BCUT2D eigenvalue weighted by atomic mass is 9.95. The molecule has 2 heterocycles. The Kier molecular flexibility index (Phi) is 6.97. The number of anilines is 3. The highest BCUT2D eigenvalue weighted by molar-refractivity contribution is 7.26. The van der Waals surface area contributed by atoms with Crippen LogP contribution in [0.4, 0.5) is 17.1 Å². The van der Waals surface area contributed by atoms with Crippen LogP contribution in [0.1, 0.15) is 0 Å². The maximum absolute atomic E-state index is 2.53. The number of nitrogens with zero attached hydrogens (tertiary/aromatic N) is 1. The van der Waals surface area contributed by atoms with Gasteiger partial charge in [-0.2, -0.15) is 0 Å². The van der Waals surface area contributed by atoms with Crippen LogP contribution in [0.3, 0.4) is 0 Å². The van der Waals surface area contributed by atoms with Crippen molar-refractivity contribution in [1.29, 1.82) is 0 Å². The van der Waals surface area contributed by atoms with Gasteiger partial charge in [0.2, 0.25) is 0 Å². The summed E-state index contributed by atoms with van der Waals surface area (Å²) in [6, 6.07) is 69.4. The third-order valence-corrected chi connectivity index (χ3v) is 13.0. The van der Waals surface area contributed by atoms with Crippen LogP contribution >= 0.6 is 22.7 Å². The Hall–Kier alpha value is -6.26. The number of benzene rings is 9. The maximum atomic E-state index is 2.53. The van der Waals surface area contributed by atoms with Gasteiger partial charge in [-0.25, -0.2) is 0 Å². The summed E-state index contributed by atoms with van der Waals surface area (Å²) >= 11 is 3.74. The molecule has 11 rings (SSSR count). The first kappa shape index (κ1) is 30.4. The average molecular weight is 710 g/mol. The third kappa shape index (κ3) is 4.97. The van der Waals surface area contributed by atoms with E-state index in [9.17, 15) is 0 Å². The Morgan fingerprint density at radius 3 is 1.72 bits per heavy atom. The molecule has 0 radical (unpaired) electrons. The van der Waals surface area contributed by atoms with Gasteiger partial charge in [-0.1, -0.05) is 133 Å². The SMILES string of the molecule is c1ccc(-c2cc(-c3ccc4sc5ccccc5c4c3)cc(N(c3cc4ccccc4c4ccccc34)c3cccc4c3sc3ccccc34)c2)cc1. The minimum Gasteiger partial charge on any atom is -0.308 e. The summed E-state index contributed by atoms with van der Waals surface area (Å²) in [5, 5.41) is 10.2. The van der Waals surface area contributed by atoms with Gasteiger partial charge in [-0.3, -0.25) is 0 Å². The molecule has 0 bridgehead atoms. The van der Waals surface area contributed by atoms with Crippen LogP contribution in [0.25, 0.3) is 84.1 Å². The van der Waals surface area contributed by atoms with Gasteiger partial charge in [0.25, 0.3) is 0 Å². The molecule has 53 heavy (non-hydrogen) atoms. The molecule has 0 saturated carbocycles. The van der Waals surface area contributed by atoms with Gasteiger partial charge in [0.1, 0.15) is 0 Å². The van der Waals surface area contributed by atoms with Gasteiger partial charge in [-0.05, 0) is 93.0 Å². The summed E-state index contributed by atoms with van der Waals surface area (Å²) < 4.78 is 5.22. The van der Waals surface area contributed by atoms with Crippen molar-refractivity contribution in [3.63, 3.8) is 0 Å². The molecular formula is C50H31NS2. The van der Waals surface area contributed by atoms with Crippen molar-refractivity contribution < 1.29 is 0 Å². The lowest BCUT2D eigenvalue weighted by Crippen LogP contribution is -2.11. The standard InChI is InChI=1S/C50H31NS2/c1-2-13-32(14-3-1)35-27-36(33-25-26-49-44(30-33)42-20-9-10-23-47(42)52-49)29-37(28-35)51(45-22-12-21-43-41-19-8-11-24-48(41)53-50(43)45)46-31-34-15-4-5-16-38(34)39-17-6-7-18-40(39)46/h1-31H. The number of thiophene rings is 2. The van der Waals surface area contributed by atoms with Gasteiger partial charge in [0, 0.05) is 46.7 Å². The van der Waals surface area contributed by atoms with Crippen molar-refractivity contribution in [3.05, 3.63) is 188 Å². The van der Waals surface area contributed by atoms with Crippen molar-refractivity contribution in [3.8, 4) is 22.3 Å². The molecule has 0 N–H and O–H groups in total. The van der Waals surface area contributed by atoms with Crippen molar-refractivity contribution in [2.45, 2.75) is 0 Å². The fraction of sp³-hybridized carbons (Fsp3) is 0. The van der Waals surface area contributed by atoms with Crippen molar-refractivity contribution in [2.24, 2.45) is 0 Å². The summed E-state index contributed by atoms with van der Waals surface area (Å²) in [5.41, 5.74) is 8.26. The second-order valence-electron chi connectivity index (χ2n) is 13.7. The van der Waals surface area contributed by atoms with Crippen molar-refractivity contribution >= 4 is 102 Å². The molecule has 0 aliphatic heterocycles. The van der Waals surface area contributed by atoms with Crippen LogP contribution in [0.15, 0.2) is 188 Å². The second kappa shape index (κ2) is 12.2. The van der Waals surface area contributed by atoms with Crippen LogP contribution in [0, 0.1) is 0 Å². The molecule has 0 saturated heterocycles. The molecule has 248 valence electrons. The smallest absolute Gasteiger partial charge is 0.0640 e. The van der Waals surface area contributed by atoms with E-state index in [-0.39, 0.29) is 0 Å². The fourth-order valence-corrected chi connectivity index (χ4v) is 10.4. The van der Waals surface area contributed by atoms with E-state index in [1.807, 2.05) is 22.7 Å². The van der Waals surface area contributed by atoms with Crippen LogP contribution in [0.5, 0.6) is 0 Å². The molecule has 0 spiro atoms. The highest BCUT2D eigenvalue weighted by Gasteiger charge is 2.22. The van der Waals surface area contributed by atoms with Gasteiger partial charge in [-0.15, -0.1) is 22.7 Å². The predicted molar refractivity (Wildman–Crippen MR) is 233 cm³/mol. The molecule has 1 nitrogen and oxygen atoms in total. The van der Waals surface area contributed by atoms with Crippen LogP contribution in [-0.4, -0.2) is 0 Å². The first-order chi connectivity index (χ1) is 26.3. The minimum absolute atomic E-state index is 1.13. The topological polar surface area (TPSA) is 3.24 Å². The van der Waals surface area contributed by atoms with Crippen molar-refractivity contribution in [1.82, 2.24) is 0 Å². The van der Waals surface area contributed by atoms with E-state index in [0.717, 1.165) is 5.69 Å². The molecule has 11 aromatic rings. The van der Waals surface area contributed by atoms with Gasteiger partial charge in [0.15, 0.2) is 0 Å². The van der Waals surface area contributed by atoms with E-state index in [2.05, 4.69) is 193 Å². The molecule has 3 heteroatoms. The van der Waals surface area contributed by atoms with Gasteiger partial charge in [0.05, 0.1) is 16.1 Å². The van der Waals surface area contributed by atoms with Gasteiger partial charge >= 0.3 is 0 Å². The number of hydrogen-bond acceptors (Lipinski definition) is 3. The van der Waals surface area contributed by atoms with E-state index < -0.39 is 0 Å². The van der Waals surface area contributed by atoms with Crippen LogP contribution in [0.2, 0.25) is 0 Å². The monoisotopic (exact) mass is 709 g/mol. The van der Waals surface area contributed by atoms with E-state index in [1.165, 1.54) is 95.5 Å². The summed E-state index contributed by atoms with van der Waals surface area (Å²) in [4.78, 5) is 2.53. The number of rotatable bonds is 5. The molecule has 0 aliphatic rings. The highest BCUT2D eigenvalue weighted by Crippen LogP contribution is 2.49. The zero-order valence-electron chi connectivity index (χ0n) is 28.7. The third-order valence-electron chi connectivity index (χ3n) is 10.6. The largest absolute Gasteiger partial charge is 0.308 e. The highest BCUT2D eigenvalue weighted by atomic mass is 32.1. The number of hydrogen-bond donors (Lipinski definition) is 0. The van der Waals surface area contributed by atoms with E-state index in [0.29, 0.717) is 0 Å². The summed E-state index contributed by atoms with van der Waals surface area (Å²) in [6.07, 6.45) is 0. The second-order valence-corrected chi connectivity index (χ2v) is 15.8. The fourth-order valence-electron chi connectivity index (χ4n) is 8.15. The minimum atomic E-state index is 1.13. The summed E-state index contributed by atoms with van der Waals surface area (Å²) in [7, 11) is 0. The Balaban J connectivity index is 1.24. The normalized spacial score (nSPS) is 11.8. The molecule has 9 aromatic carbocycles. The zero-order valence-corrected chi connectivity index (χ0v) is 30.3. The molecule has 2 aromatic heterocycles. The lowest BCUT2D eigenvalue weighted by Gasteiger charge is -2.29. The lowest BCUT2D eigenvalue weighted by molar-refractivity contribution is 1.32. The first-order valence-electron chi connectivity index (χ1n) is 18.0. The first-order valence-corrected chi connectivity index (χ1v) is 19.6. The Morgan fingerprint density at radius 2 is 0.906 bits per heavy atom. The average Bonchev–Trinajstić information content (AvgIpc) is 3.80. The zero-order chi connectivity index (χ0) is 34.9. The molecule has 0 atom stereocenters. The van der Waals surface area contributed by atoms with Gasteiger partial charge < -0.3 is 4.90 Å². The molecule has 0 aliphatic carbocycles. The van der Waals surface area contributed by atoms with Crippen molar-refractivity contribution in [2.75, 3.05) is 4.90 Å².